The molecule has 3 rings (SSSR count). The zero-order chi connectivity index (χ0) is 12.8. The number of hydrogen-bond acceptors (Lipinski definition) is 2. The first kappa shape index (κ1) is 11.7. The van der Waals surface area contributed by atoms with Crippen LogP contribution in [0, 0.1) is 5.41 Å². The van der Waals surface area contributed by atoms with E-state index in [1.165, 1.54) is 24.0 Å². The average molecular weight is 245 g/mol. The lowest BCUT2D eigenvalue weighted by Crippen LogP contribution is -2.30. The second-order valence-electron chi connectivity index (χ2n) is 5.67. The van der Waals surface area contributed by atoms with Gasteiger partial charge in [0.1, 0.15) is 0 Å². The van der Waals surface area contributed by atoms with Crippen LogP contribution in [0.3, 0.4) is 0 Å². The molecule has 0 aromatic heterocycles. The van der Waals surface area contributed by atoms with Crippen molar-refractivity contribution in [2.45, 2.75) is 44.6 Å². The Hall–Kier alpha value is -1.35. The molecular weight excluding hydrogens is 226 g/mol. The van der Waals surface area contributed by atoms with Crippen LogP contribution in [0.2, 0.25) is 0 Å². The molecule has 18 heavy (non-hydrogen) atoms. The summed E-state index contributed by atoms with van der Waals surface area (Å²) >= 11 is 0. The molecule has 0 saturated heterocycles. The summed E-state index contributed by atoms with van der Waals surface area (Å²) in [4.78, 5) is 11.3. The van der Waals surface area contributed by atoms with Crippen molar-refractivity contribution in [2.24, 2.45) is 11.1 Å². The van der Waals surface area contributed by atoms with Gasteiger partial charge in [-0.25, -0.2) is 0 Å². The SMILES string of the molecule is NC(c1ccc2c(c1)CCCC2)C1(C(=O)O)CC1. The molecule has 0 radical (unpaired) electrons. The first-order valence-electron chi connectivity index (χ1n) is 6.74. The number of benzene rings is 1. The van der Waals surface area contributed by atoms with Crippen LogP contribution < -0.4 is 5.73 Å². The molecule has 1 saturated carbocycles. The molecule has 1 aromatic rings. The lowest BCUT2D eigenvalue weighted by atomic mass is 9.85. The van der Waals surface area contributed by atoms with Gasteiger partial charge < -0.3 is 10.8 Å². The van der Waals surface area contributed by atoms with Gasteiger partial charge in [0, 0.05) is 6.04 Å². The van der Waals surface area contributed by atoms with Crippen LogP contribution >= 0.6 is 0 Å². The van der Waals surface area contributed by atoms with Gasteiger partial charge in [0.05, 0.1) is 5.41 Å². The molecule has 0 spiro atoms. The zero-order valence-corrected chi connectivity index (χ0v) is 10.5. The minimum Gasteiger partial charge on any atom is -0.481 e. The smallest absolute Gasteiger partial charge is 0.311 e. The molecule has 0 amide bonds. The van der Waals surface area contributed by atoms with E-state index in [1.54, 1.807) is 0 Å². The summed E-state index contributed by atoms with van der Waals surface area (Å²) in [6.07, 6.45) is 6.17. The summed E-state index contributed by atoms with van der Waals surface area (Å²) < 4.78 is 0. The standard InChI is InChI=1S/C15H19NO2/c16-13(15(7-8-15)14(17)18)12-6-5-10-3-1-2-4-11(10)9-12/h5-6,9,13H,1-4,7-8,16H2,(H,17,18). The van der Waals surface area contributed by atoms with Crippen LogP contribution in [0.15, 0.2) is 18.2 Å². The second-order valence-corrected chi connectivity index (χ2v) is 5.67. The Kier molecular flexibility index (Phi) is 2.67. The van der Waals surface area contributed by atoms with Crippen LogP contribution in [-0.2, 0) is 17.6 Å². The number of fused-ring (bicyclic) bond motifs is 1. The minimum absolute atomic E-state index is 0.359. The molecule has 1 aromatic carbocycles. The molecule has 2 aliphatic rings. The number of carboxylic acids is 1. The fraction of sp³-hybridized carbons (Fsp3) is 0.533. The van der Waals surface area contributed by atoms with Gasteiger partial charge in [-0.1, -0.05) is 18.2 Å². The number of carbonyl (C=O) groups is 1. The average Bonchev–Trinajstić information content (AvgIpc) is 3.19. The number of hydrogen-bond donors (Lipinski definition) is 2. The topological polar surface area (TPSA) is 63.3 Å². The van der Waals surface area contributed by atoms with Gasteiger partial charge in [0.25, 0.3) is 0 Å². The Morgan fingerprint density at radius 2 is 1.89 bits per heavy atom. The van der Waals surface area contributed by atoms with Crippen LogP contribution in [0.4, 0.5) is 0 Å². The van der Waals surface area contributed by atoms with Gasteiger partial charge in [-0.2, -0.15) is 0 Å². The monoisotopic (exact) mass is 245 g/mol. The van der Waals surface area contributed by atoms with Crippen LogP contribution in [-0.4, -0.2) is 11.1 Å². The lowest BCUT2D eigenvalue weighted by Gasteiger charge is -2.22. The molecule has 2 aliphatic carbocycles. The number of aliphatic carboxylic acids is 1. The van der Waals surface area contributed by atoms with Crippen molar-refractivity contribution >= 4 is 5.97 Å². The summed E-state index contributed by atoms with van der Waals surface area (Å²) in [6, 6.07) is 5.95. The van der Waals surface area contributed by atoms with Crippen LogP contribution in [0.5, 0.6) is 0 Å². The fourth-order valence-electron chi connectivity index (χ4n) is 3.06. The molecule has 3 heteroatoms. The summed E-state index contributed by atoms with van der Waals surface area (Å²) in [6.45, 7) is 0. The maximum atomic E-state index is 11.3. The molecule has 96 valence electrons. The van der Waals surface area contributed by atoms with E-state index in [-0.39, 0.29) is 6.04 Å². The van der Waals surface area contributed by atoms with Crippen molar-refractivity contribution in [3.05, 3.63) is 34.9 Å². The zero-order valence-electron chi connectivity index (χ0n) is 10.5. The molecule has 0 heterocycles. The van der Waals surface area contributed by atoms with Gasteiger partial charge in [0.2, 0.25) is 0 Å². The lowest BCUT2D eigenvalue weighted by molar-refractivity contribution is -0.144. The summed E-state index contributed by atoms with van der Waals surface area (Å²) in [7, 11) is 0. The predicted molar refractivity (Wildman–Crippen MR) is 69.3 cm³/mol. The largest absolute Gasteiger partial charge is 0.481 e. The highest BCUT2D eigenvalue weighted by atomic mass is 16.4. The summed E-state index contributed by atoms with van der Waals surface area (Å²) in [5, 5.41) is 9.29. The third-order valence-corrected chi connectivity index (χ3v) is 4.54. The first-order valence-corrected chi connectivity index (χ1v) is 6.74. The van der Waals surface area contributed by atoms with E-state index >= 15 is 0 Å². The molecule has 1 atom stereocenters. The molecule has 0 aliphatic heterocycles. The van der Waals surface area contributed by atoms with E-state index in [4.69, 9.17) is 5.73 Å². The Labute approximate surface area is 107 Å². The Bertz CT molecular complexity index is 491. The Morgan fingerprint density at radius 1 is 1.22 bits per heavy atom. The molecule has 1 fully saturated rings. The molecular formula is C15H19NO2. The number of carboxylic acid groups (broad SMARTS) is 1. The van der Waals surface area contributed by atoms with E-state index < -0.39 is 11.4 Å². The maximum Gasteiger partial charge on any atom is 0.311 e. The van der Waals surface area contributed by atoms with E-state index in [0.29, 0.717) is 12.8 Å². The highest BCUT2D eigenvalue weighted by Gasteiger charge is 2.55. The van der Waals surface area contributed by atoms with Crippen LogP contribution in [0.1, 0.15) is 48.4 Å². The Morgan fingerprint density at radius 3 is 2.50 bits per heavy atom. The van der Waals surface area contributed by atoms with Crippen molar-refractivity contribution in [1.29, 1.82) is 0 Å². The van der Waals surface area contributed by atoms with E-state index in [0.717, 1.165) is 18.4 Å². The van der Waals surface area contributed by atoms with Crippen molar-refractivity contribution in [1.82, 2.24) is 0 Å². The molecule has 3 nitrogen and oxygen atoms in total. The number of rotatable bonds is 3. The van der Waals surface area contributed by atoms with Gasteiger partial charge in [0.15, 0.2) is 0 Å². The maximum absolute atomic E-state index is 11.3. The fourth-order valence-corrected chi connectivity index (χ4v) is 3.06. The summed E-state index contributed by atoms with van der Waals surface area (Å²) in [5.41, 5.74) is 9.28. The highest BCUT2D eigenvalue weighted by molar-refractivity contribution is 5.79. The highest BCUT2D eigenvalue weighted by Crippen LogP contribution is 2.54. The number of aryl methyl sites for hydroxylation is 2. The van der Waals surface area contributed by atoms with Crippen LogP contribution in [0.25, 0.3) is 0 Å². The third kappa shape index (κ3) is 1.74. The second kappa shape index (κ2) is 4.09. The number of nitrogens with two attached hydrogens (primary N) is 1. The molecule has 0 bridgehead atoms. The first-order chi connectivity index (χ1) is 8.63. The predicted octanol–water partition coefficient (Wildman–Crippen LogP) is 2.43. The van der Waals surface area contributed by atoms with Gasteiger partial charge in [-0.05, 0) is 55.2 Å². The molecule has 3 N–H and O–H groups in total. The minimum atomic E-state index is -0.743. The quantitative estimate of drug-likeness (QED) is 0.859. The third-order valence-electron chi connectivity index (χ3n) is 4.54. The molecule has 1 unspecified atom stereocenters. The van der Waals surface area contributed by atoms with Gasteiger partial charge >= 0.3 is 5.97 Å². The van der Waals surface area contributed by atoms with Gasteiger partial charge in [-0.3, -0.25) is 4.79 Å². The normalized spacial score (nSPS) is 22.1. The van der Waals surface area contributed by atoms with Crippen molar-refractivity contribution in [2.75, 3.05) is 0 Å². The van der Waals surface area contributed by atoms with E-state index in [2.05, 4.69) is 12.1 Å². The van der Waals surface area contributed by atoms with Crippen molar-refractivity contribution in [3.63, 3.8) is 0 Å². The van der Waals surface area contributed by atoms with Crippen molar-refractivity contribution < 1.29 is 9.90 Å². The Balaban J connectivity index is 1.91. The summed E-state index contributed by atoms with van der Waals surface area (Å²) in [5.74, 6) is -0.743. The van der Waals surface area contributed by atoms with Gasteiger partial charge in [-0.15, -0.1) is 0 Å². The van der Waals surface area contributed by atoms with Crippen molar-refractivity contribution in [3.8, 4) is 0 Å². The van der Waals surface area contributed by atoms with E-state index in [9.17, 15) is 9.90 Å². The van der Waals surface area contributed by atoms with E-state index in [1.807, 2.05) is 6.07 Å².